The summed E-state index contributed by atoms with van der Waals surface area (Å²) in [5.74, 6) is -0.241. The molecular formula is C15H21ClN4O3S2. The lowest BCUT2D eigenvalue weighted by atomic mass is 10.3. The van der Waals surface area contributed by atoms with Crippen LogP contribution >= 0.6 is 23.7 Å². The Hall–Kier alpha value is -1.68. The number of carbonyl (C=O) groups excluding carboxylic acids is 1. The number of hydrogen-bond donors (Lipinski definition) is 3. The maximum Gasteiger partial charge on any atom is 0.275 e. The third-order valence-electron chi connectivity index (χ3n) is 3.03. The van der Waals surface area contributed by atoms with Gasteiger partial charge in [-0.15, -0.1) is 23.7 Å². The van der Waals surface area contributed by atoms with Gasteiger partial charge in [0.2, 0.25) is 10.0 Å². The van der Waals surface area contributed by atoms with Gasteiger partial charge < -0.3 is 11.1 Å². The molecule has 0 unspecified atom stereocenters. The van der Waals surface area contributed by atoms with Crippen molar-refractivity contribution in [3.8, 4) is 0 Å². The van der Waals surface area contributed by atoms with E-state index in [1.165, 1.54) is 11.3 Å². The van der Waals surface area contributed by atoms with E-state index in [0.29, 0.717) is 36.5 Å². The molecule has 2 rings (SSSR count). The number of nitrogens with zero attached hydrogens (tertiary/aromatic N) is 1. The van der Waals surface area contributed by atoms with E-state index < -0.39 is 10.0 Å². The van der Waals surface area contributed by atoms with Crippen LogP contribution in [0.3, 0.4) is 0 Å². The Morgan fingerprint density at radius 3 is 2.48 bits per heavy atom. The number of nitrogens with two attached hydrogens (primary N) is 1. The molecule has 0 saturated carbocycles. The van der Waals surface area contributed by atoms with E-state index in [0.717, 1.165) is 5.01 Å². The summed E-state index contributed by atoms with van der Waals surface area (Å²) in [6.45, 7) is 2.29. The number of nitrogens with one attached hydrogen (secondary N) is 2. The lowest BCUT2D eigenvalue weighted by molar-refractivity contribution is 0.102. The van der Waals surface area contributed by atoms with Crippen molar-refractivity contribution < 1.29 is 13.2 Å². The van der Waals surface area contributed by atoms with Crippen molar-refractivity contribution in [2.45, 2.75) is 19.8 Å². The lowest BCUT2D eigenvalue weighted by Crippen LogP contribution is -2.16. The van der Waals surface area contributed by atoms with Crippen LogP contribution in [0.4, 0.5) is 11.4 Å². The van der Waals surface area contributed by atoms with Gasteiger partial charge in [0.05, 0.1) is 10.8 Å². The Labute approximate surface area is 157 Å². The SMILES string of the molecule is CCCS(=O)(=O)Nc1ccc(NC(=O)c2csc(CCN)n2)cc1.Cl. The molecule has 0 spiro atoms. The Morgan fingerprint density at radius 2 is 1.88 bits per heavy atom. The summed E-state index contributed by atoms with van der Waals surface area (Å²) in [6, 6.07) is 6.47. The van der Waals surface area contributed by atoms with E-state index in [-0.39, 0.29) is 24.1 Å². The Bertz CT molecular complexity index is 791. The molecule has 25 heavy (non-hydrogen) atoms. The van der Waals surface area contributed by atoms with Crippen LogP contribution in [0.1, 0.15) is 28.8 Å². The standard InChI is InChI=1S/C15H20N4O3S2.ClH/c1-2-9-24(21,22)19-12-5-3-11(4-6-12)17-15(20)13-10-23-14(18-13)7-8-16;/h3-6,10,19H,2,7-9,16H2,1H3,(H,17,20);1H. The zero-order valence-corrected chi connectivity index (χ0v) is 16.1. The van der Waals surface area contributed by atoms with Gasteiger partial charge in [0.25, 0.3) is 5.91 Å². The van der Waals surface area contributed by atoms with Gasteiger partial charge in [0.15, 0.2) is 0 Å². The second-order valence-corrected chi connectivity index (χ2v) is 7.90. The fraction of sp³-hybridized carbons (Fsp3) is 0.333. The highest BCUT2D eigenvalue weighted by molar-refractivity contribution is 7.92. The molecule has 0 aliphatic rings. The number of aromatic nitrogens is 1. The highest BCUT2D eigenvalue weighted by Crippen LogP contribution is 2.17. The molecule has 0 atom stereocenters. The maximum absolute atomic E-state index is 12.1. The van der Waals surface area contributed by atoms with Crippen molar-refractivity contribution in [3.63, 3.8) is 0 Å². The van der Waals surface area contributed by atoms with Crippen LogP contribution in [0.25, 0.3) is 0 Å². The Morgan fingerprint density at radius 1 is 1.24 bits per heavy atom. The van der Waals surface area contributed by atoms with E-state index >= 15 is 0 Å². The normalized spacial score (nSPS) is 10.8. The summed E-state index contributed by atoms with van der Waals surface area (Å²) in [5.41, 5.74) is 6.83. The minimum Gasteiger partial charge on any atom is -0.330 e. The van der Waals surface area contributed by atoms with Crippen LogP contribution in [0.15, 0.2) is 29.6 Å². The van der Waals surface area contributed by atoms with Gasteiger partial charge in [0.1, 0.15) is 5.69 Å². The van der Waals surface area contributed by atoms with Gasteiger partial charge in [-0.05, 0) is 37.2 Å². The van der Waals surface area contributed by atoms with Gasteiger partial charge in [-0.3, -0.25) is 9.52 Å². The zero-order chi connectivity index (χ0) is 17.6. The largest absolute Gasteiger partial charge is 0.330 e. The van der Waals surface area contributed by atoms with Gasteiger partial charge in [-0.1, -0.05) is 6.92 Å². The van der Waals surface area contributed by atoms with Crippen molar-refractivity contribution in [2.24, 2.45) is 5.73 Å². The van der Waals surface area contributed by atoms with E-state index in [1.807, 2.05) is 0 Å². The predicted octanol–water partition coefficient (Wildman–Crippen LogP) is 2.47. The quantitative estimate of drug-likeness (QED) is 0.625. The monoisotopic (exact) mass is 404 g/mol. The summed E-state index contributed by atoms with van der Waals surface area (Å²) >= 11 is 1.40. The molecule has 0 aliphatic heterocycles. The highest BCUT2D eigenvalue weighted by Gasteiger charge is 2.12. The molecule has 0 saturated heterocycles. The summed E-state index contributed by atoms with van der Waals surface area (Å²) in [7, 11) is -3.32. The highest BCUT2D eigenvalue weighted by atomic mass is 35.5. The fourth-order valence-corrected chi connectivity index (χ4v) is 3.90. The van der Waals surface area contributed by atoms with Crippen LogP contribution in [-0.2, 0) is 16.4 Å². The second kappa shape index (κ2) is 9.71. The van der Waals surface area contributed by atoms with Crippen LogP contribution in [0.5, 0.6) is 0 Å². The zero-order valence-electron chi connectivity index (χ0n) is 13.7. The number of halogens is 1. The van der Waals surface area contributed by atoms with Crippen LogP contribution in [0.2, 0.25) is 0 Å². The van der Waals surface area contributed by atoms with Crippen molar-refractivity contribution in [1.29, 1.82) is 0 Å². The van der Waals surface area contributed by atoms with Crippen molar-refractivity contribution >= 4 is 51.0 Å². The molecule has 0 aliphatic carbocycles. The first kappa shape index (κ1) is 21.4. The smallest absolute Gasteiger partial charge is 0.275 e. The number of carbonyl (C=O) groups is 1. The van der Waals surface area contributed by atoms with E-state index in [1.54, 1.807) is 36.6 Å². The molecule has 0 fully saturated rings. The molecule has 2 aromatic rings. The number of amides is 1. The topological polar surface area (TPSA) is 114 Å². The van der Waals surface area contributed by atoms with E-state index in [9.17, 15) is 13.2 Å². The summed E-state index contributed by atoms with van der Waals surface area (Å²) in [4.78, 5) is 16.3. The first-order valence-electron chi connectivity index (χ1n) is 7.50. The molecular weight excluding hydrogens is 384 g/mol. The lowest BCUT2D eigenvalue weighted by Gasteiger charge is -2.08. The van der Waals surface area contributed by atoms with Crippen LogP contribution < -0.4 is 15.8 Å². The molecule has 1 heterocycles. The molecule has 7 nitrogen and oxygen atoms in total. The van der Waals surface area contributed by atoms with Crippen molar-refractivity contribution in [2.75, 3.05) is 22.3 Å². The number of thiazole rings is 1. The Kier molecular flexibility index (Phi) is 8.30. The number of hydrogen-bond acceptors (Lipinski definition) is 6. The van der Waals surface area contributed by atoms with Gasteiger partial charge in [0, 0.05) is 23.2 Å². The van der Waals surface area contributed by atoms with Crippen molar-refractivity contribution in [1.82, 2.24) is 4.98 Å². The van der Waals surface area contributed by atoms with Crippen LogP contribution in [0, 0.1) is 0 Å². The second-order valence-electron chi connectivity index (χ2n) is 5.12. The predicted molar refractivity (Wildman–Crippen MR) is 104 cm³/mol. The fourth-order valence-electron chi connectivity index (χ4n) is 1.97. The minimum atomic E-state index is -3.32. The maximum atomic E-state index is 12.1. The van der Waals surface area contributed by atoms with E-state index in [2.05, 4.69) is 15.0 Å². The summed E-state index contributed by atoms with van der Waals surface area (Å²) < 4.78 is 25.9. The first-order chi connectivity index (χ1) is 11.4. The van der Waals surface area contributed by atoms with Crippen LogP contribution in [-0.4, -0.2) is 31.6 Å². The van der Waals surface area contributed by atoms with Gasteiger partial charge in [-0.25, -0.2) is 13.4 Å². The molecule has 1 aromatic heterocycles. The molecule has 10 heteroatoms. The molecule has 4 N–H and O–H groups in total. The number of anilines is 2. The molecule has 138 valence electrons. The minimum absolute atomic E-state index is 0. The summed E-state index contributed by atoms with van der Waals surface area (Å²) in [6.07, 6.45) is 1.19. The average Bonchev–Trinajstić information content (AvgIpc) is 2.98. The average molecular weight is 405 g/mol. The molecule has 0 bridgehead atoms. The molecule has 1 aromatic carbocycles. The third-order valence-corrected chi connectivity index (χ3v) is 5.43. The number of sulfonamides is 1. The van der Waals surface area contributed by atoms with E-state index in [4.69, 9.17) is 5.73 Å². The van der Waals surface area contributed by atoms with Gasteiger partial charge in [-0.2, -0.15) is 0 Å². The first-order valence-corrected chi connectivity index (χ1v) is 10.0. The molecule has 1 amide bonds. The molecule has 0 radical (unpaired) electrons. The summed E-state index contributed by atoms with van der Waals surface area (Å²) in [5, 5.41) is 5.24. The van der Waals surface area contributed by atoms with Crippen molar-refractivity contribution in [3.05, 3.63) is 40.3 Å². The van der Waals surface area contributed by atoms with Gasteiger partial charge >= 0.3 is 0 Å². The Balaban J connectivity index is 0.00000312. The number of rotatable bonds is 8. The number of benzene rings is 1. The third kappa shape index (κ3) is 6.62.